The molecule has 0 aliphatic rings. The van der Waals surface area contributed by atoms with Crippen LogP contribution in [0.5, 0.6) is 0 Å². The standard InChI is InChI=1S/C79H145NO8/c1-6-8-10-12-14-16-18-20-22-24-26-28-30-32-34-35-36-37-38-39-40-41-42-43-44-46-48-50-52-54-56-58-60-62-64-66-68-70-77(82)88-75(74-87-79(78(83)84)85-72-71-80(3,4)5)73-86-76(81)69-67-65-63-61-59-57-55-53-51-49-47-45-33-31-29-27-25-23-21-19-17-15-13-11-9-7-2/h8,10,14,16,20,22,26,28,32,34,75,79H,6-7,9,11-13,15,17-19,21,23-25,27,29-31,33,35-74H2,1-5H3/p+1/b10-8-,16-14-,22-20-,28-26-,34-32-. The molecule has 0 fully saturated rings. The molecular weight excluding hydrogens is 1090 g/mol. The third kappa shape index (κ3) is 70.4. The van der Waals surface area contributed by atoms with E-state index in [1.807, 2.05) is 21.1 Å². The number of unbranched alkanes of at least 4 members (excludes halogenated alkanes) is 46. The summed E-state index contributed by atoms with van der Waals surface area (Å²) in [6, 6.07) is 0. The summed E-state index contributed by atoms with van der Waals surface area (Å²) in [4.78, 5) is 37.7. The minimum absolute atomic E-state index is 0.176. The van der Waals surface area contributed by atoms with Gasteiger partial charge in [-0.3, -0.25) is 9.59 Å². The number of esters is 2. The van der Waals surface area contributed by atoms with Gasteiger partial charge in [0.15, 0.2) is 6.10 Å². The number of carboxylic acid groups (broad SMARTS) is 1. The molecular formula is C79H146NO8+. The Balaban J connectivity index is 4.00. The lowest BCUT2D eigenvalue weighted by Crippen LogP contribution is -2.40. The smallest absolute Gasteiger partial charge is 0.361 e. The first-order valence-electron chi connectivity index (χ1n) is 38.0. The van der Waals surface area contributed by atoms with Crippen molar-refractivity contribution in [3.05, 3.63) is 60.8 Å². The van der Waals surface area contributed by atoms with Gasteiger partial charge in [0.25, 0.3) is 6.29 Å². The number of rotatable bonds is 71. The zero-order valence-electron chi connectivity index (χ0n) is 58.9. The van der Waals surface area contributed by atoms with Gasteiger partial charge in [-0.2, -0.15) is 0 Å². The molecule has 9 nitrogen and oxygen atoms in total. The van der Waals surface area contributed by atoms with Gasteiger partial charge in [0, 0.05) is 12.8 Å². The number of carbonyl (C=O) groups excluding carboxylic acids is 2. The molecule has 0 heterocycles. The predicted octanol–water partition coefficient (Wildman–Crippen LogP) is 23.9. The van der Waals surface area contributed by atoms with E-state index >= 15 is 0 Å². The molecule has 0 saturated carbocycles. The van der Waals surface area contributed by atoms with Gasteiger partial charge in [-0.25, -0.2) is 4.79 Å². The van der Waals surface area contributed by atoms with Gasteiger partial charge in [0.1, 0.15) is 13.2 Å². The number of carbonyl (C=O) groups is 3. The lowest BCUT2D eigenvalue weighted by Gasteiger charge is -2.25. The number of aliphatic carboxylic acids is 1. The minimum atomic E-state index is -1.51. The summed E-state index contributed by atoms with van der Waals surface area (Å²) >= 11 is 0. The van der Waals surface area contributed by atoms with Crippen molar-refractivity contribution in [3.63, 3.8) is 0 Å². The summed E-state index contributed by atoms with van der Waals surface area (Å²) < 4.78 is 23.0. The summed E-state index contributed by atoms with van der Waals surface area (Å²) in [6.07, 6.45) is 89.3. The van der Waals surface area contributed by atoms with Gasteiger partial charge in [0.2, 0.25) is 0 Å². The summed E-state index contributed by atoms with van der Waals surface area (Å²) in [5.74, 6) is -1.97. The molecule has 0 aliphatic carbocycles. The topological polar surface area (TPSA) is 108 Å². The first kappa shape index (κ1) is 85.0. The number of likely N-dealkylation sites (N-methyl/N-ethyl adjacent to an activating group) is 1. The third-order valence-corrected chi connectivity index (χ3v) is 17.0. The first-order valence-corrected chi connectivity index (χ1v) is 38.0. The van der Waals surface area contributed by atoms with Crippen LogP contribution in [-0.4, -0.2) is 87.4 Å². The van der Waals surface area contributed by atoms with Crippen molar-refractivity contribution in [1.82, 2.24) is 0 Å². The second-order valence-electron chi connectivity index (χ2n) is 26.9. The molecule has 0 aromatic heterocycles. The van der Waals surface area contributed by atoms with Crippen LogP contribution in [0.3, 0.4) is 0 Å². The Bertz CT molecular complexity index is 1630. The Morgan fingerprint density at radius 3 is 0.966 bits per heavy atom. The third-order valence-electron chi connectivity index (χ3n) is 17.0. The molecule has 0 rings (SSSR count). The van der Waals surface area contributed by atoms with Crippen molar-refractivity contribution in [2.24, 2.45) is 0 Å². The van der Waals surface area contributed by atoms with Crippen LogP contribution in [0.4, 0.5) is 0 Å². The quantitative estimate of drug-likeness (QED) is 0.0211. The fourth-order valence-corrected chi connectivity index (χ4v) is 11.3. The van der Waals surface area contributed by atoms with E-state index in [1.54, 1.807) is 0 Å². The van der Waals surface area contributed by atoms with E-state index < -0.39 is 18.4 Å². The van der Waals surface area contributed by atoms with Crippen molar-refractivity contribution < 1.29 is 42.9 Å². The molecule has 514 valence electrons. The molecule has 88 heavy (non-hydrogen) atoms. The normalized spacial score (nSPS) is 13.0. The van der Waals surface area contributed by atoms with E-state index in [2.05, 4.69) is 74.6 Å². The highest BCUT2D eigenvalue weighted by Gasteiger charge is 2.25. The van der Waals surface area contributed by atoms with Crippen LogP contribution in [-0.2, 0) is 33.3 Å². The van der Waals surface area contributed by atoms with E-state index in [9.17, 15) is 19.5 Å². The number of carboxylic acids is 1. The predicted molar refractivity (Wildman–Crippen MR) is 378 cm³/mol. The highest BCUT2D eigenvalue weighted by molar-refractivity contribution is 5.71. The first-order chi connectivity index (χ1) is 43.1. The maximum absolute atomic E-state index is 13.0. The molecule has 0 radical (unpaired) electrons. The van der Waals surface area contributed by atoms with Crippen LogP contribution < -0.4 is 0 Å². The van der Waals surface area contributed by atoms with Gasteiger partial charge in [-0.1, -0.05) is 357 Å². The highest BCUT2D eigenvalue weighted by Crippen LogP contribution is 2.19. The Morgan fingerprint density at radius 2 is 0.648 bits per heavy atom. The summed E-state index contributed by atoms with van der Waals surface area (Å²) in [5.41, 5.74) is 0. The lowest BCUT2D eigenvalue weighted by molar-refractivity contribution is -0.870. The Morgan fingerprint density at radius 1 is 0.352 bits per heavy atom. The fourth-order valence-electron chi connectivity index (χ4n) is 11.3. The van der Waals surface area contributed by atoms with Gasteiger partial charge >= 0.3 is 17.9 Å². The molecule has 1 N–H and O–H groups in total. The Kier molecular flexibility index (Phi) is 67.5. The largest absolute Gasteiger partial charge is 0.477 e. The summed E-state index contributed by atoms with van der Waals surface area (Å²) in [6.45, 7) is 4.83. The minimum Gasteiger partial charge on any atom is -0.477 e. The molecule has 0 spiro atoms. The maximum Gasteiger partial charge on any atom is 0.361 e. The molecule has 0 aromatic rings. The molecule has 9 heteroatoms. The number of allylic oxidation sites excluding steroid dienone is 10. The lowest BCUT2D eigenvalue weighted by atomic mass is 10.0. The summed E-state index contributed by atoms with van der Waals surface area (Å²) in [7, 11) is 5.99. The average molecular weight is 1240 g/mol. The molecule has 2 unspecified atom stereocenters. The van der Waals surface area contributed by atoms with E-state index in [-0.39, 0.29) is 38.2 Å². The van der Waals surface area contributed by atoms with E-state index in [0.717, 1.165) is 70.6 Å². The van der Waals surface area contributed by atoms with Gasteiger partial charge in [-0.15, -0.1) is 0 Å². The molecule has 2 atom stereocenters. The summed E-state index contributed by atoms with van der Waals surface area (Å²) in [5, 5.41) is 9.76. The SMILES string of the molecule is CC/C=C\C/C=C\C/C=C\C/C=C\C/C=C\CCCCCCCCCCCCCCCCCCCCCCCC(=O)OC(COC(=O)CCCCCCCCCCCCCCCCCCCCCCCCCCCC)COC(OCC[N+](C)(C)C)C(=O)O. The van der Waals surface area contributed by atoms with Crippen LogP contribution >= 0.6 is 0 Å². The monoisotopic (exact) mass is 1240 g/mol. The van der Waals surface area contributed by atoms with Crippen LogP contribution in [0.2, 0.25) is 0 Å². The van der Waals surface area contributed by atoms with Crippen LogP contribution in [0, 0.1) is 0 Å². The van der Waals surface area contributed by atoms with Gasteiger partial charge < -0.3 is 28.5 Å². The zero-order chi connectivity index (χ0) is 64.0. The maximum atomic E-state index is 13.0. The van der Waals surface area contributed by atoms with Crippen molar-refractivity contribution in [3.8, 4) is 0 Å². The zero-order valence-corrected chi connectivity index (χ0v) is 58.9. The number of quaternary nitrogens is 1. The molecule has 0 amide bonds. The Hall–Kier alpha value is -3.01. The van der Waals surface area contributed by atoms with E-state index in [4.69, 9.17) is 18.9 Å². The number of hydrogen-bond donors (Lipinski definition) is 1. The molecule has 0 bridgehead atoms. The van der Waals surface area contributed by atoms with Crippen molar-refractivity contribution in [2.45, 2.75) is 379 Å². The van der Waals surface area contributed by atoms with Crippen molar-refractivity contribution in [1.29, 1.82) is 0 Å². The molecule has 0 aliphatic heterocycles. The van der Waals surface area contributed by atoms with E-state index in [1.165, 1.54) is 270 Å². The van der Waals surface area contributed by atoms with Crippen LogP contribution in [0.15, 0.2) is 60.8 Å². The second kappa shape index (κ2) is 69.9. The van der Waals surface area contributed by atoms with Crippen LogP contribution in [0.1, 0.15) is 367 Å². The highest BCUT2D eigenvalue weighted by atomic mass is 16.7. The van der Waals surface area contributed by atoms with Gasteiger partial charge in [-0.05, 0) is 57.8 Å². The van der Waals surface area contributed by atoms with Crippen LogP contribution in [0.25, 0.3) is 0 Å². The Labute approximate surface area is 545 Å². The number of ether oxygens (including phenoxy) is 4. The second-order valence-corrected chi connectivity index (χ2v) is 26.9. The molecule has 0 saturated heterocycles. The van der Waals surface area contributed by atoms with Gasteiger partial charge in [0.05, 0.1) is 34.4 Å². The number of hydrogen-bond acceptors (Lipinski definition) is 7. The van der Waals surface area contributed by atoms with Crippen molar-refractivity contribution >= 4 is 17.9 Å². The van der Waals surface area contributed by atoms with E-state index in [0.29, 0.717) is 17.4 Å². The molecule has 0 aromatic carbocycles. The van der Waals surface area contributed by atoms with Crippen molar-refractivity contribution in [2.75, 3.05) is 47.5 Å². The average Bonchev–Trinajstić information content (AvgIpc) is 3.54. The fraction of sp³-hybridized carbons (Fsp3) is 0.835. The number of nitrogens with zero attached hydrogens (tertiary/aromatic N) is 1.